The van der Waals surface area contributed by atoms with E-state index in [2.05, 4.69) is 25.6 Å². The Morgan fingerprint density at radius 3 is 2.70 bits per heavy atom. The predicted octanol–water partition coefficient (Wildman–Crippen LogP) is 3.78. The molecule has 4 rings (SSSR count). The largest absolute Gasteiger partial charge is 0.471 e. The number of phosphoric acid groups is 1. The van der Waals surface area contributed by atoms with E-state index in [-0.39, 0.29) is 6.79 Å². The first-order valence-electron chi connectivity index (χ1n) is 7.83. The lowest BCUT2D eigenvalue weighted by Gasteiger charge is -2.09. The predicted molar refractivity (Wildman–Crippen MR) is 100 cm³/mol. The van der Waals surface area contributed by atoms with Gasteiger partial charge in [-0.1, -0.05) is 28.1 Å². The average molecular weight is 453 g/mol. The van der Waals surface area contributed by atoms with Crippen molar-refractivity contribution in [2.24, 2.45) is 0 Å². The highest BCUT2D eigenvalue weighted by atomic mass is 79.9. The van der Waals surface area contributed by atoms with Gasteiger partial charge in [-0.3, -0.25) is 4.52 Å². The summed E-state index contributed by atoms with van der Waals surface area (Å²) in [6, 6.07) is 14.8. The molecule has 1 aliphatic heterocycles. The molecule has 0 bridgehead atoms. The molecule has 0 aliphatic carbocycles. The van der Waals surface area contributed by atoms with Crippen LogP contribution in [0.25, 0.3) is 22.5 Å². The van der Waals surface area contributed by atoms with E-state index in [0.29, 0.717) is 22.9 Å². The maximum absolute atomic E-state index is 11.1. The highest BCUT2D eigenvalue weighted by Crippen LogP contribution is 2.39. The summed E-state index contributed by atoms with van der Waals surface area (Å²) in [7, 11) is -4.64. The Labute approximate surface area is 162 Å². The van der Waals surface area contributed by atoms with Gasteiger partial charge in [0.1, 0.15) is 0 Å². The van der Waals surface area contributed by atoms with Gasteiger partial charge in [0.15, 0.2) is 18.2 Å². The maximum Gasteiger partial charge on any atom is 0.471 e. The molecule has 0 unspecified atom stereocenters. The minimum absolute atomic E-state index is 0.155. The molecule has 8 nitrogen and oxygen atoms in total. The van der Waals surface area contributed by atoms with Crippen molar-refractivity contribution >= 4 is 23.8 Å². The number of hydrogen-bond donors (Lipinski definition) is 2. The fraction of sp³-hybridized carbons (Fsp3) is 0.118. The first-order valence-corrected chi connectivity index (χ1v) is 10.2. The van der Waals surface area contributed by atoms with Crippen LogP contribution in [0.2, 0.25) is 0 Å². The van der Waals surface area contributed by atoms with E-state index in [1.807, 2.05) is 36.4 Å². The van der Waals surface area contributed by atoms with Crippen molar-refractivity contribution in [2.45, 2.75) is 6.73 Å². The van der Waals surface area contributed by atoms with E-state index in [4.69, 9.17) is 19.3 Å². The number of ether oxygens (including phenoxy) is 2. The van der Waals surface area contributed by atoms with Crippen LogP contribution in [-0.4, -0.2) is 26.4 Å². The van der Waals surface area contributed by atoms with Gasteiger partial charge in [0.25, 0.3) is 0 Å². The van der Waals surface area contributed by atoms with Crippen LogP contribution >= 0.6 is 23.8 Å². The fourth-order valence-corrected chi connectivity index (χ4v) is 3.38. The molecule has 10 heteroatoms. The molecule has 27 heavy (non-hydrogen) atoms. The van der Waals surface area contributed by atoms with Gasteiger partial charge < -0.3 is 19.3 Å². The first-order chi connectivity index (χ1) is 12.9. The smallest absolute Gasteiger partial charge is 0.454 e. The van der Waals surface area contributed by atoms with Crippen LogP contribution in [0.1, 0.15) is 0 Å². The van der Waals surface area contributed by atoms with E-state index in [1.165, 1.54) is 4.68 Å². The monoisotopic (exact) mass is 452 g/mol. The molecule has 3 aromatic rings. The summed E-state index contributed by atoms with van der Waals surface area (Å²) in [5.41, 5.74) is 2.86. The second-order valence-corrected chi connectivity index (χ2v) is 7.90. The summed E-state index contributed by atoms with van der Waals surface area (Å²) in [6.45, 7) is -0.245. The minimum Gasteiger partial charge on any atom is -0.454 e. The van der Waals surface area contributed by atoms with Crippen molar-refractivity contribution in [2.75, 3.05) is 6.79 Å². The highest BCUT2D eigenvalue weighted by Gasteiger charge is 2.20. The zero-order chi connectivity index (χ0) is 19.0. The van der Waals surface area contributed by atoms with Crippen molar-refractivity contribution in [3.8, 4) is 34.0 Å². The molecule has 0 atom stereocenters. The van der Waals surface area contributed by atoms with Gasteiger partial charge in [-0.2, -0.15) is 5.10 Å². The number of fused-ring (bicyclic) bond motifs is 1. The molecule has 0 amide bonds. The zero-order valence-electron chi connectivity index (χ0n) is 13.8. The van der Waals surface area contributed by atoms with Gasteiger partial charge in [-0.15, -0.1) is 0 Å². The van der Waals surface area contributed by atoms with Gasteiger partial charge in [-0.05, 0) is 36.4 Å². The van der Waals surface area contributed by atoms with Gasteiger partial charge in [0.2, 0.25) is 6.79 Å². The fourth-order valence-electron chi connectivity index (χ4n) is 2.72. The highest BCUT2D eigenvalue weighted by molar-refractivity contribution is 9.10. The molecule has 0 fully saturated rings. The lowest BCUT2D eigenvalue weighted by atomic mass is 10.1. The number of phosphoric ester groups is 1. The van der Waals surface area contributed by atoms with E-state index >= 15 is 0 Å². The number of rotatable bonds is 5. The number of halogens is 1. The van der Waals surface area contributed by atoms with Crippen molar-refractivity contribution in [1.82, 2.24) is 9.78 Å². The third-order valence-corrected chi connectivity index (χ3v) is 4.86. The maximum atomic E-state index is 11.1. The van der Waals surface area contributed by atoms with E-state index in [1.54, 1.807) is 12.1 Å². The molecular formula is C17H14BrN2O6P. The van der Waals surface area contributed by atoms with Crippen LogP contribution < -0.4 is 9.47 Å². The number of aromatic nitrogens is 2. The number of benzene rings is 2. The Balaban J connectivity index is 1.77. The van der Waals surface area contributed by atoms with E-state index < -0.39 is 14.6 Å². The molecule has 0 saturated carbocycles. The minimum atomic E-state index is -4.64. The van der Waals surface area contributed by atoms with Crippen LogP contribution in [0.3, 0.4) is 0 Å². The summed E-state index contributed by atoms with van der Waals surface area (Å²) in [5, 5.41) is 4.45. The van der Waals surface area contributed by atoms with Crippen LogP contribution in [0.4, 0.5) is 0 Å². The lowest BCUT2D eigenvalue weighted by Crippen LogP contribution is -2.05. The molecule has 1 aliphatic rings. The molecule has 0 saturated heterocycles. The normalized spacial score (nSPS) is 13.1. The third kappa shape index (κ3) is 4.07. The molecule has 2 heterocycles. The number of nitrogens with zero attached hydrogens (tertiary/aromatic N) is 2. The van der Waals surface area contributed by atoms with Crippen molar-refractivity contribution in [3.63, 3.8) is 0 Å². The van der Waals surface area contributed by atoms with Gasteiger partial charge >= 0.3 is 7.82 Å². The van der Waals surface area contributed by atoms with Crippen molar-refractivity contribution in [1.29, 1.82) is 0 Å². The molecular weight excluding hydrogens is 439 g/mol. The Morgan fingerprint density at radius 1 is 1.11 bits per heavy atom. The standard InChI is InChI=1S/C17H14BrN2O6P/c18-13-3-1-2-11(6-13)14-8-15(20(19-14)9-26-27(21,22)23)12-4-5-16-17(7-12)25-10-24-16/h1-8H,9-10H2,(H2,21,22,23). The Kier molecular flexibility index (Phi) is 4.79. The molecule has 2 aromatic carbocycles. The SMILES string of the molecule is O=P(O)(O)OCn1nc(-c2cccc(Br)c2)cc1-c1ccc2c(c1)OCO2. The van der Waals surface area contributed by atoms with Crippen LogP contribution in [-0.2, 0) is 15.8 Å². The average Bonchev–Trinajstić information content (AvgIpc) is 3.25. The summed E-state index contributed by atoms with van der Waals surface area (Å²) >= 11 is 3.43. The van der Waals surface area contributed by atoms with E-state index in [9.17, 15) is 4.57 Å². The molecule has 140 valence electrons. The quantitative estimate of drug-likeness (QED) is 0.567. The third-order valence-electron chi connectivity index (χ3n) is 3.92. The summed E-state index contributed by atoms with van der Waals surface area (Å²) in [6.07, 6.45) is 0. The molecule has 1 aromatic heterocycles. The van der Waals surface area contributed by atoms with Crippen LogP contribution in [0, 0.1) is 0 Å². The summed E-state index contributed by atoms with van der Waals surface area (Å²) in [4.78, 5) is 18.1. The Bertz CT molecular complexity index is 1050. The summed E-state index contributed by atoms with van der Waals surface area (Å²) < 4.78 is 28.8. The second-order valence-electron chi connectivity index (χ2n) is 5.74. The van der Waals surface area contributed by atoms with Crippen LogP contribution in [0.15, 0.2) is 53.0 Å². The van der Waals surface area contributed by atoms with Crippen molar-refractivity contribution in [3.05, 3.63) is 53.0 Å². The van der Waals surface area contributed by atoms with Gasteiger partial charge in [-0.25, -0.2) is 9.25 Å². The molecule has 0 radical (unpaired) electrons. The topological polar surface area (TPSA) is 103 Å². The van der Waals surface area contributed by atoms with Crippen molar-refractivity contribution < 1.29 is 28.3 Å². The van der Waals surface area contributed by atoms with Crippen LogP contribution in [0.5, 0.6) is 11.5 Å². The Morgan fingerprint density at radius 2 is 1.93 bits per heavy atom. The van der Waals surface area contributed by atoms with E-state index in [0.717, 1.165) is 15.6 Å². The Hall–Kier alpha value is -2.16. The molecule has 0 spiro atoms. The summed E-state index contributed by atoms with van der Waals surface area (Å²) in [5.74, 6) is 1.24. The number of hydrogen-bond acceptors (Lipinski definition) is 5. The molecule has 2 N–H and O–H groups in total. The van der Waals surface area contributed by atoms with Gasteiger partial charge in [0, 0.05) is 15.6 Å². The second kappa shape index (κ2) is 7.10. The van der Waals surface area contributed by atoms with Gasteiger partial charge in [0.05, 0.1) is 11.4 Å². The first kappa shape index (κ1) is 18.2. The zero-order valence-corrected chi connectivity index (χ0v) is 16.3. The lowest BCUT2D eigenvalue weighted by molar-refractivity contribution is 0.147.